The van der Waals surface area contributed by atoms with Crippen LogP contribution < -0.4 is 25.8 Å². The van der Waals surface area contributed by atoms with E-state index in [4.69, 9.17) is 20.2 Å². The molecule has 0 amide bonds. The molecule has 2 aliphatic rings. The van der Waals surface area contributed by atoms with Gasteiger partial charge in [-0.15, -0.1) is 0 Å². The second-order valence-corrected chi connectivity index (χ2v) is 9.44. The third kappa shape index (κ3) is 4.44. The van der Waals surface area contributed by atoms with E-state index < -0.39 is 0 Å². The van der Waals surface area contributed by atoms with Crippen molar-refractivity contribution in [3.8, 4) is 11.5 Å². The molecule has 0 saturated heterocycles. The molecule has 2 aromatic heterocycles. The number of halogens is 1. The second kappa shape index (κ2) is 9.24. The minimum absolute atomic E-state index is 0.270. The van der Waals surface area contributed by atoms with Gasteiger partial charge in [-0.1, -0.05) is 12.1 Å². The summed E-state index contributed by atoms with van der Waals surface area (Å²) in [4.78, 5) is 12.6. The Morgan fingerprint density at radius 2 is 1.97 bits per heavy atom. The lowest BCUT2D eigenvalue weighted by molar-refractivity contribution is 0.174. The second-order valence-electron chi connectivity index (χ2n) is 8.65. The Kier molecular flexibility index (Phi) is 5.79. The van der Waals surface area contributed by atoms with E-state index in [1.54, 1.807) is 0 Å². The maximum atomic E-state index is 6.22. The highest BCUT2D eigenvalue weighted by Crippen LogP contribution is 2.34. The van der Waals surface area contributed by atoms with Gasteiger partial charge in [0.15, 0.2) is 11.5 Å². The first-order chi connectivity index (χ1) is 17.1. The van der Waals surface area contributed by atoms with E-state index >= 15 is 0 Å². The molecule has 0 spiro atoms. The molecular formula is C26H25BrN6O2. The van der Waals surface area contributed by atoms with Crippen LogP contribution in [0.15, 0.2) is 53.1 Å². The fourth-order valence-electron chi connectivity index (χ4n) is 4.55. The van der Waals surface area contributed by atoms with Crippen molar-refractivity contribution in [1.82, 2.24) is 20.3 Å². The van der Waals surface area contributed by atoms with Gasteiger partial charge in [0.2, 0.25) is 12.7 Å². The van der Waals surface area contributed by atoms with Crippen LogP contribution in [0.3, 0.4) is 0 Å². The van der Waals surface area contributed by atoms with Gasteiger partial charge in [0, 0.05) is 34.9 Å². The number of nitrogens with zero attached hydrogens (tertiary/aromatic N) is 2. The SMILES string of the molecule is Nc1nc(Nc2ccc3[nH]cc(C4=CCNCC4)c3c2)nc(CCc2ccc3c(c2)OCO3)c1Br. The number of nitrogens with one attached hydrogen (secondary N) is 3. The molecule has 5 N–H and O–H groups in total. The summed E-state index contributed by atoms with van der Waals surface area (Å²) in [5, 5.41) is 7.90. The molecule has 4 aromatic rings. The van der Waals surface area contributed by atoms with Crippen LogP contribution in [0.1, 0.15) is 23.2 Å². The Balaban J connectivity index is 1.24. The average Bonchev–Trinajstić information content (AvgIpc) is 3.52. The minimum Gasteiger partial charge on any atom is -0.454 e. The number of aromatic nitrogens is 3. The standard InChI is InChI=1S/C26H25BrN6O2/c27-24-21(4-1-15-2-6-22-23(11-15)35-14-34-22)32-26(33-25(24)28)31-17-3-5-20-18(12-17)19(13-30-20)16-7-9-29-10-8-16/h2-3,5-7,11-13,29-30H,1,4,8-10,14H2,(H3,28,31,32,33). The molecule has 0 unspecified atom stereocenters. The summed E-state index contributed by atoms with van der Waals surface area (Å²) in [5.74, 6) is 2.45. The Labute approximate surface area is 211 Å². The van der Waals surface area contributed by atoms with Crippen molar-refractivity contribution in [1.29, 1.82) is 0 Å². The Morgan fingerprint density at radius 1 is 1.06 bits per heavy atom. The molecule has 0 bridgehead atoms. The van der Waals surface area contributed by atoms with E-state index in [0.29, 0.717) is 18.2 Å². The quantitative estimate of drug-likeness (QED) is 0.278. The molecule has 2 aliphatic heterocycles. The van der Waals surface area contributed by atoms with Gasteiger partial charge in [0.1, 0.15) is 5.82 Å². The molecule has 178 valence electrons. The summed E-state index contributed by atoms with van der Waals surface area (Å²) in [6, 6.07) is 12.2. The number of benzene rings is 2. The smallest absolute Gasteiger partial charge is 0.231 e. The van der Waals surface area contributed by atoms with Gasteiger partial charge >= 0.3 is 0 Å². The van der Waals surface area contributed by atoms with E-state index in [-0.39, 0.29) is 6.79 Å². The fourth-order valence-corrected chi connectivity index (χ4v) is 4.93. The van der Waals surface area contributed by atoms with Crippen molar-refractivity contribution in [2.75, 3.05) is 30.9 Å². The van der Waals surface area contributed by atoms with Crippen molar-refractivity contribution in [2.45, 2.75) is 19.3 Å². The first-order valence-corrected chi connectivity index (χ1v) is 12.4. The highest BCUT2D eigenvalue weighted by molar-refractivity contribution is 9.10. The van der Waals surface area contributed by atoms with E-state index in [0.717, 1.165) is 64.4 Å². The lowest BCUT2D eigenvalue weighted by Crippen LogP contribution is -2.19. The van der Waals surface area contributed by atoms with Gasteiger partial charge in [-0.05, 0) is 83.2 Å². The molecule has 8 nitrogen and oxygen atoms in total. The Morgan fingerprint density at radius 3 is 2.86 bits per heavy atom. The monoisotopic (exact) mass is 532 g/mol. The summed E-state index contributed by atoms with van der Waals surface area (Å²) >= 11 is 3.57. The number of anilines is 3. The number of H-pyrrole nitrogens is 1. The number of nitrogens with two attached hydrogens (primary N) is 1. The van der Waals surface area contributed by atoms with Crippen molar-refractivity contribution >= 4 is 49.9 Å². The third-order valence-corrected chi connectivity index (χ3v) is 7.24. The predicted octanol–water partition coefficient (Wildman–Crippen LogP) is 4.94. The molecule has 0 radical (unpaired) electrons. The number of hydrogen-bond donors (Lipinski definition) is 4. The molecule has 0 saturated carbocycles. The summed E-state index contributed by atoms with van der Waals surface area (Å²) in [6.07, 6.45) is 6.85. The molecule has 35 heavy (non-hydrogen) atoms. The molecule has 6 rings (SSSR count). The normalized spacial score (nSPS) is 14.8. The highest BCUT2D eigenvalue weighted by Gasteiger charge is 2.16. The van der Waals surface area contributed by atoms with Crippen LogP contribution in [0.4, 0.5) is 17.5 Å². The van der Waals surface area contributed by atoms with Gasteiger partial charge in [-0.3, -0.25) is 0 Å². The van der Waals surface area contributed by atoms with E-state index in [1.807, 2.05) is 24.3 Å². The third-order valence-electron chi connectivity index (χ3n) is 6.38. The molecule has 0 fully saturated rings. The largest absolute Gasteiger partial charge is 0.454 e. The average molecular weight is 533 g/mol. The summed E-state index contributed by atoms with van der Waals surface area (Å²) in [5.41, 5.74) is 12.8. The predicted molar refractivity (Wildman–Crippen MR) is 141 cm³/mol. The molecule has 4 heterocycles. The molecule has 2 aromatic carbocycles. The first kappa shape index (κ1) is 21.9. The van der Waals surface area contributed by atoms with Gasteiger partial charge in [-0.2, -0.15) is 4.98 Å². The Hall–Kier alpha value is -3.56. The van der Waals surface area contributed by atoms with Crippen molar-refractivity contribution in [2.24, 2.45) is 0 Å². The van der Waals surface area contributed by atoms with Gasteiger partial charge in [-0.25, -0.2) is 4.98 Å². The highest BCUT2D eigenvalue weighted by atomic mass is 79.9. The number of hydrogen-bond acceptors (Lipinski definition) is 7. The number of rotatable bonds is 6. The van der Waals surface area contributed by atoms with Crippen molar-refractivity contribution in [3.63, 3.8) is 0 Å². The number of ether oxygens (including phenoxy) is 2. The Bertz CT molecular complexity index is 1450. The van der Waals surface area contributed by atoms with E-state index in [2.05, 4.69) is 60.9 Å². The lowest BCUT2D eigenvalue weighted by Gasteiger charge is -2.14. The lowest BCUT2D eigenvalue weighted by atomic mass is 9.99. The first-order valence-electron chi connectivity index (χ1n) is 11.6. The minimum atomic E-state index is 0.270. The van der Waals surface area contributed by atoms with Crippen molar-refractivity contribution in [3.05, 3.63) is 70.0 Å². The summed E-state index contributed by atoms with van der Waals surface area (Å²) in [7, 11) is 0. The van der Waals surface area contributed by atoms with Gasteiger partial charge in [0.05, 0.1) is 10.2 Å². The maximum absolute atomic E-state index is 6.22. The van der Waals surface area contributed by atoms with Crippen LogP contribution in [0.5, 0.6) is 11.5 Å². The van der Waals surface area contributed by atoms with Crippen LogP contribution >= 0.6 is 15.9 Å². The molecule has 0 atom stereocenters. The summed E-state index contributed by atoms with van der Waals surface area (Å²) in [6.45, 7) is 2.17. The van der Waals surface area contributed by atoms with Crippen molar-refractivity contribution < 1.29 is 9.47 Å². The summed E-state index contributed by atoms with van der Waals surface area (Å²) < 4.78 is 11.6. The number of fused-ring (bicyclic) bond motifs is 2. The van der Waals surface area contributed by atoms with E-state index in [9.17, 15) is 0 Å². The van der Waals surface area contributed by atoms with Gasteiger partial charge < -0.3 is 30.8 Å². The molecular weight excluding hydrogens is 508 g/mol. The number of nitrogen functional groups attached to an aromatic ring is 1. The number of aryl methyl sites for hydroxylation is 2. The van der Waals surface area contributed by atoms with Crippen LogP contribution in [0, 0.1) is 0 Å². The van der Waals surface area contributed by atoms with Crippen LogP contribution in [-0.2, 0) is 12.8 Å². The number of aromatic amines is 1. The molecule has 0 aliphatic carbocycles. The zero-order valence-electron chi connectivity index (χ0n) is 19.0. The molecule has 9 heteroatoms. The van der Waals surface area contributed by atoms with Crippen LogP contribution in [-0.4, -0.2) is 34.8 Å². The van der Waals surface area contributed by atoms with Gasteiger partial charge in [0.25, 0.3) is 0 Å². The van der Waals surface area contributed by atoms with E-state index in [1.165, 1.54) is 16.5 Å². The zero-order valence-corrected chi connectivity index (χ0v) is 20.6. The zero-order chi connectivity index (χ0) is 23.8. The maximum Gasteiger partial charge on any atom is 0.231 e. The van der Waals surface area contributed by atoms with Crippen LogP contribution in [0.25, 0.3) is 16.5 Å². The topological polar surface area (TPSA) is 110 Å². The van der Waals surface area contributed by atoms with Crippen LogP contribution in [0.2, 0.25) is 0 Å². The fraction of sp³-hybridized carbons (Fsp3) is 0.231.